The van der Waals surface area contributed by atoms with Crippen molar-refractivity contribution in [2.75, 3.05) is 12.9 Å². The number of ether oxygens (including phenoxy) is 2. The summed E-state index contributed by atoms with van der Waals surface area (Å²) in [5.41, 5.74) is 0.589. The Hall–Kier alpha value is -2.64. The summed E-state index contributed by atoms with van der Waals surface area (Å²) in [6, 6.07) is 0.0913. The van der Waals surface area contributed by atoms with Gasteiger partial charge in [-0.15, -0.1) is 0 Å². The van der Waals surface area contributed by atoms with Crippen LogP contribution in [0.5, 0.6) is 0 Å². The van der Waals surface area contributed by atoms with Crippen molar-refractivity contribution in [3.05, 3.63) is 47.0 Å². The molecule has 0 radical (unpaired) electrons. The van der Waals surface area contributed by atoms with Crippen molar-refractivity contribution in [1.29, 1.82) is 0 Å². The van der Waals surface area contributed by atoms with Gasteiger partial charge in [0.15, 0.2) is 0 Å². The lowest BCUT2D eigenvalue weighted by Crippen LogP contribution is -2.52. The predicted molar refractivity (Wildman–Crippen MR) is 116 cm³/mol. The zero-order valence-corrected chi connectivity index (χ0v) is 20.1. The van der Waals surface area contributed by atoms with E-state index >= 15 is 0 Å². The molecule has 1 amide bonds. The molecule has 4 rings (SSSR count). The number of hydrogen-bond acceptors (Lipinski definition) is 8. The molecule has 3 atom stereocenters. The van der Waals surface area contributed by atoms with Gasteiger partial charge in [0.1, 0.15) is 17.5 Å². The van der Waals surface area contributed by atoms with Gasteiger partial charge in [0.25, 0.3) is 10.0 Å². The lowest BCUT2D eigenvalue weighted by atomic mass is 9.93. The monoisotopic (exact) mass is 499 g/mol. The van der Waals surface area contributed by atoms with E-state index in [1.807, 2.05) is 4.90 Å². The SMILES string of the molecule is CC(C)(C)OC(=O)N[C@H]1C[C@@H](N2Cc3cn(S(C)(=O)=O)nc3C2)CO[C@@H]1c1cc(F)cnc1F. The zero-order chi connectivity index (χ0) is 24.8. The van der Waals surface area contributed by atoms with Crippen LogP contribution in [0.2, 0.25) is 0 Å². The summed E-state index contributed by atoms with van der Waals surface area (Å²) in [5, 5.41) is 6.89. The van der Waals surface area contributed by atoms with E-state index in [-0.39, 0.29) is 18.2 Å². The molecule has 0 unspecified atom stereocenters. The van der Waals surface area contributed by atoms with E-state index in [1.165, 1.54) is 6.20 Å². The number of amides is 1. The molecule has 2 aromatic rings. The van der Waals surface area contributed by atoms with Gasteiger partial charge in [-0.2, -0.15) is 13.6 Å². The van der Waals surface area contributed by atoms with Gasteiger partial charge in [0.05, 0.1) is 30.8 Å². The number of nitrogens with zero attached hydrogens (tertiary/aromatic N) is 4. The highest BCUT2D eigenvalue weighted by Gasteiger charge is 2.40. The van der Waals surface area contributed by atoms with E-state index in [4.69, 9.17) is 9.47 Å². The molecule has 0 spiro atoms. The van der Waals surface area contributed by atoms with Crippen LogP contribution in [-0.4, -0.2) is 64.1 Å². The van der Waals surface area contributed by atoms with Gasteiger partial charge in [0.2, 0.25) is 5.95 Å². The number of fused-ring (bicyclic) bond motifs is 1. The van der Waals surface area contributed by atoms with Crippen molar-refractivity contribution < 1.29 is 31.5 Å². The molecule has 0 bridgehead atoms. The number of hydrogen-bond donors (Lipinski definition) is 1. The second kappa shape index (κ2) is 8.86. The number of nitrogens with one attached hydrogen (secondary N) is 1. The third-order valence-corrected chi connectivity index (χ3v) is 6.51. The average molecular weight is 500 g/mol. The maximum atomic E-state index is 14.4. The molecule has 1 fully saturated rings. The second-order valence-corrected chi connectivity index (χ2v) is 11.4. The third-order valence-electron chi connectivity index (χ3n) is 5.64. The Kier molecular flexibility index (Phi) is 6.38. The molecule has 186 valence electrons. The largest absolute Gasteiger partial charge is 0.444 e. The number of halogens is 2. The summed E-state index contributed by atoms with van der Waals surface area (Å²) in [6.07, 6.45) is 2.03. The van der Waals surface area contributed by atoms with E-state index in [0.29, 0.717) is 25.2 Å². The molecule has 2 aliphatic rings. The third kappa shape index (κ3) is 5.36. The number of carbonyl (C=O) groups excluding carboxylic acids is 1. The van der Waals surface area contributed by atoms with Gasteiger partial charge < -0.3 is 14.8 Å². The Morgan fingerprint density at radius 1 is 1.29 bits per heavy atom. The van der Waals surface area contributed by atoms with E-state index in [0.717, 1.165) is 28.2 Å². The average Bonchev–Trinajstić information content (AvgIpc) is 3.28. The molecule has 10 nitrogen and oxygen atoms in total. The topological polar surface area (TPSA) is 116 Å². The minimum Gasteiger partial charge on any atom is -0.444 e. The van der Waals surface area contributed by atoms with Crippen molar-refractivity contribution in [3.63, 3.8) is 0 Å². The molecule has 0 aromatic carbocycles. The van der Waals surface area contributed by atoms with E-state index in [9.17, 15) is 22.0 Å². The lowest BCUT2D eigenvalue weighted by molar-refractivity contribution is -0.0631. The fourth-order valence-electron chi connectivity index (χ4n) is 4.19. The molecule has 0 saturated carbocycles. The number of alkyl carbamates (subject to hydrolysis) is 1. The molecule has 0 aliphatic carbocycles. The van der Waals surface area contributed by atoms with Crippen LogP contribution in [0.4, 0.5) is 13.6 Å². The summed E-state index contributed by atoms with van der Waals surface area (Å²) in [6.45, 7) is 6.18. The number of pyridine rings is 1. The van der Waals surface area contributed by atoms with Crippen LogP contribution in [0.25, 0.3) is 0 Å². The Labute approximate surface area is 196 Å². The smallest absolute Gasteiger partial charge is 0.407 e. The summed E-state index contributed by atoms with van der Waals surface area (Å²) >= 11 is 0. The first kappa shape index (κ1) is 24.5. The van der Waals surface area contributed by atoms with Crippen molar-refractivity contribution in [2.45, 2.75) is 64.1 Å². The van der Waals surface area contributed by atoms with Crippen molar-refractivity contribution in [3.8, 4) is 0 Å². The van der Waals surface area contributed by atoms with Gasteiger partial charge in [-0.1, -0.05) is 0 Å². The molecule has 1 saturated heterocycles. The van der Waals surface area contributed by atoms with Gasteiger partial charge in [0, 0.05) is 36.5 Å². The Balaban J connectivity index is 1.53. The Bertz CT molecular complexity index is 1170. The first-order valence-corrected chi connectivity index (χ1v) is 12.6. The van der Waals surface area contributed by atoms with Gasteiger partial charge >= 0.3 is 6.09 Å². The minimum atomic E-state index is -3.48. The van der Waals surface area contributed by atoms with Crippen LogP contribution in [0.3, 0.4) is 0 Å². The van der Waals surface area contributed by atoms with Crippen molar-refractivity contribution in [1.82, 2.24) is 24.4 Å². The maximum absolute atomic E-state index is 14.4. The normalized spacial score (nSPS) is 23.5. The fraction of sp³-hybridized carbons (Fsp3) is 0.571. The van der Waals surface area contributed by atoms with Crippen LogP contribution < -0.4 is 5.32 Å². The molecular weight excluding hydrogens is 472 g/mol. The summed E-state index contributed by atoms with van der Waals surface area (Å²) in [7, 11) is -3.48. The maximum Gasteiger partial charge on any atom is 0.407 e. The Morgan fingerprint density at radius 2 is 2.03 bits per heavy atom. The van der Waals surface area contributed by atoms with Gasteiger partial charge in [-0.25, -0.2) is 22.6 Å². The number of carbonyl (C=O) groups is 1. The van der Waals surface area contributed by atoms with E-state index in [2.05, 4.69) is 15.4 Å². The minimum absolute atomic E-state index is 0.0892. The molecule has 2 aliphatic heterocycles. The number of rotatable bonds is 4. The van der Waals surface area contributed by atoms with Crippen LogP contribution >= 0.6 is 0 Å². The van der Waals surface area contributed by atoms with Crippen LogP contribution in [0, 0.1) is 11.8 Å². The van der Waals surface area contributed by atoms with Gasteiger partial charge in [-0.05, 0) is 33.3 Å². The highest BCUT2D eigenvalue weighted by Crippen LogP contribution is 2.35. The van der Waals surface area contributed by atoms with Crippen LogP contribution in [-0.2, 0) is 32.6 Å². The highest BCUT2D eigenvalue weighted by molar-refractivity contribution is 7.89. The van der Waals surface area contributed by atoms with Crippen molar-refractivity contribution in [2.24, 2.45) is 0 Å². The molecule has 1 N–H and O–H groups in total. The first-order chi connectivity index (χ1) is 15.8. The first-order valence-electron chi connectivity index (χ1n) is 10.7. The molecule has 4 heterocycles. The zero-order valence-electron chi connectivity index (χ0n) is 19.3. The summed E-state index contributed by atoms with van der Waals surface area (Å²) < 4.78 is 64.0. The molecule has 34 heavy (non-hydrogen) atoms. The van der Waals surface area contributed by atoms with E-state index in [1.54, 1.807) is 20.8 Å². The molecule has 2 aromatic heterocycles. The van der Waals surface area contributed by atoms with Gasteiger partial charge in [-0.3, -0.25) is 4.90 Å². The number of aromatic nitrogens is 3. The fourth-order valence-corrected chi connectivity index (χ4v) is 4.75. The summed E-state index contributed by atoms with van der Waals surface area (Å²) in [4.78, 5) is 18.0. The van der Waals surface area contributed by atoms with Crippen LogP contribution in [0.1, 0.15) is 50.1 Å². The standard InChI is InChI=1S/C21H27F2N5O5S/c1-21(2,3)33-20(29)25-16-6-14(11-32-18(16)15-5-13(22)7-24-19(15)23)27-8-12-9-28(34(4,30)31)26-17(12)10-27/h5,7,9,14,16,18H,6,8,10-11H2,1-4H3,(H,25,29)/t14-,16+,18-/m1/s1. The second-order valence-electron chi connectivity index (χ2n) is 9.57. The quantitative estimate of drug-likeness (QED) is 0.636. The van der Waals surface area contributed by atoms with Crippen molar-refractivity contribution >= 4 is 16.1 Å². The Morgan fingerprint density at radius 3 is 2.68 bits per heavy atom. The highest BCUT2D eigenvalue weighted by atomic mass is 32.2. The molecule has 13 heteroatoms. The summed E-state index contributed by atoms with van der Waals surface area (Å²) in [5.74, 6) is -1.59. The van der Waals surface area contributed by atoms with E-state index < -0.39 is 45.6 Å². The predicted octanol–water partition coefficient (Wildman–Crippen LogP) is 2.10. The lowest BCUT2D eigenvalue weighted by Gasteiger charge is -2.40. The molecular formula is C21H27F2N5O5S. The van der Waals surface area contributed by atoms with Crippen LogP contribution in [0.15, 0.2) is 18.5 Å².